The highest BCUT2D eigenvalue weighted by molar-refractivity contribution is 5.82. The lowest BCUT2D eigenvalue weighted by Crippen LogP contribution is -2.36. The molecule has 178 valence electrons. The zero-order valence-electron chi connectivity index (χ0n) is 18.7. The van der Waals surface area contributed by atoms with Crippen LogP contribution in [-0.4, -0.2) is 62.1 Å². The molecule has 8 heteroatoms. The molecule has 3 saturated heterocycles. The molecule has 0 amide bonds. The Kier molecular flexibility index (Phi) is 7.99. The van der Waals surface area contributed by atoms with E-state index in [1.807, 2.05) is 19.1 Å². The minimum absolute atomic E-state index is 0.0382. The molecule has 8 nitrogen and oxygen atoms in total. The van der Waals surface area contributed by atoms with Crippen LogP contribution in [0.5, 0.6) is 0 Å². The molecule has 0 radical (unpaired) electrons. The summed E-state index contributed by atoms with van der Waals surface area (Å²) in [4.78, 5) is 24.4. The number of hydrogen-bond donors (Lipinski definition) is 0. The second-order valence-electron chi connectivity index (χ2n) is 8.89. The van der Waals surface area contributed by atoms with Crippen molar-refractivity contribution in [2.24, 2.45) is 5.92 Å². The average Bonchev–Trinajstić information content (AvgIpc) is 3.32. The van der Waals surface area contributed by atoms with E-state index in [2.05, 4.69) is 0 Å². The van der Waals surface area contributed by atoms with E-state index in [1.54, 1.807) is 6.08 Å². The van der Waals surface area contributed by atoms with Gasteiger partial charge in [0.1, 0.15) is 25.4 Å². The Labute approximate surface area is 189 Å². The Bertz CT molecular complexity index is 705. The van der Waals surface area contributed by atoms with Crippen molar-refractivity contribution in [3.8, 4) is 0 Å². The Morgan fingerprint density at radius 2 is 1.88 bits per heavy atom. The van der Waals surface area contributed by atoms with Crippen LogP contribution in [0.25, 0.3) is 0 Å². The lowest BCUT2D eigenvalue weighted by atomic mass is 9.94. The maximum absolute atomic E-state index is 12.4. The van der Waals surface area contributed by atoms with E-state index in [0.29, 0.717) is 6.61 Å². The molecule has 4 fully saturated rings. The molecule has 0 aromatic carbocycles. The Morgan fingerprint density at radius 3 is 2.59 bits per heavy atom. The summed E-state index contributed by atoms with van der Waals surface area (Å²) in [5, 5.41) is 0. The van der Waals surface area contributed by atoms with Crippen molar-refractivity contribution >= 4 is 11.9 Å². The normalized spacial score (nSPS) is 35.0. The summed E-state index contributed by atoms with van der Waals surface area (Å²) in [6.45, 7) is 2.76. The summed E-state index contributed by atoms with van der Waals surface area (Å²) in [6.07, 6.45) is 13.1. The largest absolute Gasteiger partial charge is 0.463 e. The van der Waals surface area contributed by atoms with Gasteiger partial charge in [0.15, 0.2) is 18.2 Å². The summed E-state index contributed by atoms with van der Waals surface area (Å²) >= 11 is 0. The smallest absolute Gasteiger partial charge is 0.335 e. The lowest BCUT2D eigenvalue weighted by Gasteiger charge is -2.31. The topological polar surface area (TPSA) is 89.5 Å². The first-order chi connectivity index (χ1) is 15.6. The van der Waals surface area contributed by atoms with Crippen molar-refractivity contribution in [3.05, 3.63) is 24.3 Å². The van der Waals surface area contributed by atoms with Crippen molar-refractivity contribution in [2.45, 2.75) is 88.7 Å². The fraction of sp³-hybridized carbons (Fsp3) is 0.750. The van der Waals surface area contributed by atoms with E-state index in [1.165, 1.54) is 12.5 Å². The highest BCUT2D eigenvalue weighted by Gasteiger charge is 2.46. The number of allylic oxidation sites excluding steroid dienone is 1. The minimum atomic E-state index is -0.772. The molecule has 4 aliphatic rings. The van der Waals surface area contributed by atoms with Crippen molar-refractivity contribution < 1.29 is 38.0 Å². The van der Waals surface area contributed by atoms with Gasteiger partial charge in [-0.15, -0.1) is 0 Å². The van der Waals surface area contributed by atoms with E-state index in [-0.39, 0.29) is 31.3 Å². The predicted molar refractivity (Wildman–Crippen MR) is 113 cm³/mol. The van der Waals surface area contributed by atoms with E-state index in [0.717, 1.165) is 44.9 Å². The SMILES string of the molecule is C/C=C/[C@@H]1OC2(CCCCC2)O[C@H]1/C=C/C(=O)OC[C@@H]1COC(=O)[C@H]1OC1CCCCO1. The van der Waals surface area contributed by atoms with Gasteiger partial charge in [0.25, 0.3) is 0 Å². The highest BCUT2D eigenvalue weighted by Crippen LogP contribution is 2.41. The van der Waals surface area contributed by atoms with Gasteiger partial charge in [-0.2, -0.15) is 0 Å². The van der Waals surface area contributed by atoms with Gasteiger partial charge in [0, 0.05) is 25.5 Å². The van der Waals surface area contributed by atoms with Crippen LogP contribution in [0.4, 0.5) is 0 Å². The standard InChI is InChI=1S/C24H34O8/c1-2-8-18-19(32-24(31-18)12-5-3-6-13-24)10-11-20(25)28-15-17-16-29-23(26)22(17)30-21-9-4-7-14-27-21/h2,8,10-11,17-19,21-22H,3-7,9,12-16H2,1H3/b8-2+,11-10+/t17-,18+,19+,21?,22+/m1/s1. The molecule has 5 atom stereocenters. The van der Waals surface area contributed by atoms with Crippen LogP contribution in [-0.2, 0) is 38.0 Å². The first-order valence-corrected chi connectivity index (χ1v) is 11.9. The number of rotatable bonds is 7. The number of carbonyl (C=O) groups excluding carboxylic acids is 2. The summed E-state index contributed by atoms with van der Waals surface area (Å²) in [5.74, 6) is -1.82. The van der Waals surface area contributed by atoms with Crippen LogP contribution in [0, 0.1) is 5.92 Å². The molecule has 32 heavy (non-hydrogen) atoms. The third-order valence-corrected chi connectivity index (χ3v) is 6.42. The number of carbonyl (C=O) groups is 2. The second-order valence-corrected chi connectivity index (χ2v) is 8.89. The van der Waals surface area contributed by atoms with Gasteiger partial charge in [-0.1, -0.05) is 18.6 Å². The molecule has 0 N–H and O–H groups in total. The van der Waals surface area contributed by atoms with Crippen molar-refractivity contribution in [1.82, 2.24) is 0 Å². The van der Waals surface area contributed by atoms with Crippen LogP contribution in [0.3, 0.4) is 0 Å². The second kappa shape index (κ2) is 10.9. The van der Waals surface area contributed by atoms with Crippen molar-refractivity contribution in [3.63, 3.8) is 0 Å². The molecule has 0 aromatic rings. The van der Waals surface area contributed by atoms with Crippen LogP contribution in [0.15, 0.2) is 24.3 Å². The van der Waals surface area contributed by atoms with E-state index >= 15 is 0 Å². The highest BCUT2D eigenvalue weighted by atomic mass is 16.8. The summed E-state index contributed by atoms with van der Waals surface area (Å²) in [7, 11) is 0. The number of hydrogen-bond acceptors (Lipinski definition) is 8. The average molecular weight is 451 g/mol. The number of esters is 2. The molecule has 0 bridgehead atoms. The maximum Gasteiger partial charge on any atom is 0.335 e. The molecule has 4 rings (SSSR count). The molecular formula is C24H34O8. The van der Waals surface area contributed by atoms with Crippen LogP contribution >= 0.6 is 0 Å². The van der Waals surface area contributed by atoms with Gasteiger partial charge in [0.2, 0.25) is 0 Å². The summed E-state index contributed by atoms with van der Waals surface area (Å²) in [6, 6.07) is 0. The third-order valence-electron chi connectivity index (χ3n) is 6.42. The van der Waals surface area contributed by atoms with E-state index in [4.69, 9.17) is 28.4 Å². The molecule has 1 spiro atoms. The molecule has 1 aliphatic carbocycles. The molecule has 3 heterocycles. The monoisotopic (exact) mass is 450 g/mol. The van der Waals surface area contributed by atoms with E-state index in [9.17, 15) is 9.59 Å². The van der Waals surface area contributed by atoms with E-state index < -0.39 is 30.1 Å². The summed E-state index contributed by atoms with van der Waals surface area (Å²) in [5.41, 5.74) is 0. The third kappa shape index (κ3) is 5.78. The van der Waals surface area contributed by atoms with Gasteiger partial charge in [-0.25, -0.2) is 9.59 Å². The quantitative estimate of drug-likeness (QED) is 0.332. The fourth-order valence-electron chi connectivity index (χ4n) is 4.72. The Morgan fingerprint density at radius 1 is 1.09 bits per heavy atom. The van der Waals surface area contributed by atoms with Gasteiger partial charge < -0.3 is 28.4 Å². The zero-order chi connectivity index (χ0) is 22.4. The molecule has 3 aliphatic heterocycles. The van der Waals surface area contributed by atoms with Gasteiger partial charge in [-0.05, 0) is 45.1 Å². The van der Waals surface area contributed by atoms with Gasteiger partial charge >= 0.3 is 11.9 Å². The summed E-state index contributed by atoms with van der Waals surface area (Å²) < 4.78 is 34.3. The van der Waals surface area contributed by atoms with Crippen molar-refractivity contribution in [1.29, 1.82) is 0 Å². The van der Waals surface area contributed by atoms with Crippen molar-refractivity contribution in [2.75, 3.05) is 19.8 Å². The lowest BCUT2D eigenvalue weighted by molar-refractivity contribution is -0.200. The molecule has 1 unspecified atom stereocenters. The number of cyclic esters (lactones) is 1. The Hall–Kier alpha value is -1.74. The predicted octanol–water partition coefficient (Wildman–Crippen LogP) is 3.19. The van der Waals surface area contributed by atoms with Gasteiger partial charge in [-0.3, -0.25) is 0 Å². The van der Waals surface area contributed by atoms with Crippen LogP contribution < -0.4 is 0 Å². The first-order valence-electron chi connectivity index (χ1n) is 11.9. The minimum Gasteiger partial charge on any atom is -0.463 e. The first kappa shape index (κ1) is 23.4. The van der Waals surface area contributed by atoms with Crippen LogP contribution in [0.1, 0.15) is 58.3 Å². The molecular weight excluding hydrogens is 416 g/mol. The number of ether oxygens (including phenoxy) is 6. The zero-order valence-corrected chi connectivity index (χ0v) is 18.7. The molecule has 0 aromatic heterocycles. The van der Waals surface area contributed by atoms with Crippen LogP contribution in [0.2, 0.25) is 0 Å². The Balaban J connectivity index is 1.28. The maximum atomic E-state index is 12.4. The molecule has 1 saturated carbocycles. The van der Waals surface area contributed by atoms with Gasteiger partial charge in [0.05, 0.1) is 5.92 Å². The fourth-order valence-corrected chi connectivity index (χ4v) is 4.72.